The highest BCUT2D eigenvalue weighted by molar-refractivity contribution is 5.20. The third-order valence-electron chi connectivity index (χ3n) is 15.0. The molecule has 0 aliphatic heterocycles. The van der Waals surface area contributed by atoms with E-state index in [1.54, 1.807) is 0 Å². The molecular weight excluding hydrogens is 685 g/mol. The summed E-state index contributed by atoms with van der Waals surface area (Å²) in [4.78, 5) is 9.21. The first kappa shape index (κ1) is 45.0. The summed E-state index contributed by atoms with van der Waals surface area (Å²) in [5.41, 5.74) is 2.47. The first-order chi connectivity index (χ1) is 27.6. The zero-order chi connectivity index (χ0) is 39.2. The quantitative estimate of drug-likeness (QED) is 0.126. The first-order valence-corrected chi connectivity index (χ1v) is 24.7. The summed E-state index contributed by atoms with van der Waals surface area (Å²) in [6.45, 7) is 10.5. The minimum absolute atomic E-state index is 0.782. The molecular formula is C52H86N2O2. The molecule has 0 amide bonds. The van der Waals surface area contributed by atoms with Crippen molar-refractivity contribution in [2.24, 2.45) is 47.3 Å². The summed E-state index contributed by atoms with van der Waals surface area (Å²) < 4.78 is 11.3. The van der Waals surface area contributed by atoms with Crippen molar-refractivity contribution in [3.63, 3.8) is 0 Å². The lowest BCUT2D eigenvalue weighted by Gasteiger charge is -2.38. The number of ether oxygens (including phenoxy) is 2. The van der Waals surface area contributed by atoms with Gasteiger partial charge in [0.05, 0.1) is 25.6 Å². The number of nitrogens with zero attached hydrogens (tertiary/aromatic N) is 2. The fourth-order valence-electron chi connectivity index (χ4n) is 11.3. The molecule has 0 N–H and O–H groups in total. The van der Waals surface area contributed by atoms with Crippen LogP contribution in [0.1, 0.15) is 206 Å². The van der Waals surface area contributed by atoms with Crippen LogP contribution in [0.25, 0.3) is 0 Å². The van der Waals surface area contributed by atoms with Gasteiger partial charge in [-0.3, -0.25) is 9.97 Å². The van der Waals surface area contributed by atoms with Gasteiger partial charge in [-0.2, -0.15) is 0 Å². The molecule has 2 aromatic heterocycles. The number of aryl methyl sites for hydroxylation is 2. The average molecular weight is 771 g/mol. The summed E-state index contributed by atoms with van der Waals surface area (Å²) in [6.07, 6.45) is 43.4. The Morgan fingerprint density at radius 1 is 0.411 bits per heavy atom. The number of pyridine rings is 2. The van der Waals surface area contributed by atoms with Crippen molar-refractivity contribution in [1.29, 1.82) is 0 Å². The Kier molecular flexibility index (Phi) is 21.0. The lowest BCUT2D eigenvalue weighted by Crippen LogP contribution is -2.26. The van der Waals surface area contributed by atoms with Gasteiger partial charge in [-0.1, -0.05) is 118 Å². The number of aromatic nitrogens is 2. The summed E-state index contributed by atoms with van der Waals surface area (Å²) in [7, 11) is 0. The zero-order valence-electron chi connectivity index (χ0n) is 37.0. The van der Waals surface area contributed by atoms with Crippen molar-refractivity contribution in [3.8, 4) is 11.5 Å². The van der Waals surface area contributed by atoms with E-state index in [2.05, 4.69) is 61.9 Å². The van der Waals surface area contributed by atoms with Crippen LogP contribution in [0.4, 0.5) is 0 Å². The molecule has 2 aromatic rings. The van der Waals surface area contributed by atoms with E-state index in [0.717, 1.165) is 97.7 Å². The fraction of sp³-hybridized carbons (Fsp3) is 0.808. The monoisotopic (exact) mass is 771 g/mol. The van der Waals surface area contributed by atoms with Crippen LogP contribution < -0.4 is 9.47 Å². The molecule has 316 valence electrons. The largest absolute Gasteiger partial charge is 0.492 e. The molecule has 4 heteroatoms. The minimum Gasteiger partial charge on any atom is -0.492 e. The van der Waals surface area contributed by atoms with Gasteiger partial charge in [0, 0.05) is 11.4 Å². The van der Waals surface area contributed by atoms with Crippen LogP contribution >= 0.6 is 0 Å². The van der Waals surface area contributed by atoms with E-state index in [9.17, 15) is 0 Å². The molecule has 0 unspecified atom stereocenters. The predicted molar refractivity (Wildman–Crippen MR) is 238 cm³/mol. The Morgan fingerprint density at radius 2 is 0.786 bits per heavy atom. The van der Waals surface area contributed by atoms with E-state index in [4.69, 9.17) is 9.47 Å². The molecule has 2 heterocycles. The van der Waals surface area contributed by atoms with Gasteiger partial charge >= 0.3 is 0 Å². The van der Waals surface area contributed by atoms with Crippen LogP contribution in [0.15, 0.2) is 36.7 Å². The average Bonchev–Trinajstić information content (AvgIpc) is 3.25. The lowest BCUT2D eigenvalue weighted by atomic mass is 9.68. The molecule has 56 heavy (non-hydrogen) atoms. The number of hydrogen-bond acceptors (Lipinski definition) is 4. The van der Waals surface area contributed by atoms with Gasteiger partial charge < -0.3 is 9.47 Å². The fourth-order valence-corrected chi connectivity index (χ4v) is 11.3. The van der Waals surface area contributed by atoms with Gasteiger partial charge in [0.1, 0.15) is 11.5 Å². The minimum atomic E-state index is 0.782. The molecule has 4 nitrogen and oxygen atoms in total. The van der Waals surface area contributed by atoms with Gasteiger partial charge in [0.15, 0.2) is 0 Å². The molecule has 4 fully saturated rings. The third-order valence-corrected chi connectivity index (χ3v) is 15.0. The van der Waals surface area contributed by atoms with Crippen molar-refractivity contribution in [3.05, 3.63) is 48.0 Å². The van der Waals surface area contributed by atoms with E-state index < -0.39 is 0 Å². The maximum Gasteiger partial charge on any atom is 0.137 e. The third kappa shape index (κ3) is 15.9. The Balaban J connectivity index is 0.000000215. The van der Waals surface area contributed by atoms with Crippen molar-refractivity contribution < 1.29 is 9.47 Å². The number of unbranched alkanes of at least 4 members (excludes halogenated alkanes) is 2. The Bertz CT molecular complexity index is 1250. The summed E-state index contributed by atoms with van der Waals surface area (Å²) >= 11 is 0. The van der Waals surface area contributed by atoms with Crippen LogP contribution in [-0.2, 0) is 12.8 Å². The van der Waals surface area contributed by atoms with E-state index in [0.29, 0.717) is 0 Å². The highest BCUT2D eigenvalue weighted by Gasteiger charge is 2.32. The van der Waals surface area contributed by atoms with Crippen LogP contribution in [0.2, 0.25) is 0 Å². The van der Waals surface area contributed by atoms with Gasteiger partial charge in [-0.05, 0) is 162 Å². The second-order valence-electron chi connectivity index (χ2n) is 19.2. The van der Waals surface area contributed by atoms with Gasteiger partial charge in [-0.25, -0.2) is 0 Å². The van der Waals surface area contributed by atoms with E-state index in [-0.39, 0.29) is 0 Å². The summed E-state index contributed by atoms with van der Waals surface area (Å²) in [5, 5.41) is 0. The van der Waals surface area contributed by atoms with Gasteiger partial charge in [0.2, 0.25) is 0 Å². The summed E-state index contributed by atoms with van der Waals surface area (Å²) in [6, 6.07) is 8.50. The smallest absolute Gasteiger partial charge is 0.137 e. The molecule has 0 atom stereocenters. The van der Waals surface area contributed by atoms with Crippen molar-refractivity contribution >= 4 is 0 Å². The van der Waals surface area contributed by atoms with Crippen LogP contribution in [0.3, 0.4) is 0 Å². The molecule has 0 radical (unpaired) electrons. The molecule has 0 spiro atoms. The second kappa shape index (κ2) is 26.1. The van der Waals surface area contributed by atoms with E-state index in [1.165, 1.54) is 165 Å². The molecule has 4 saturated carbocycles. The highest BCUT2D eigenvalue weighted by atomic mass is 16.5. The maximum atomic E-state index is 5.64. The number of rotatable bonds is 20. The van der Waals surface area contributed by atoms with Crippen LogP contribution in [0, 0.1) is 47.3 Å². The second-order valence-corrected chi connectivity index (χ2v) is 19.2. The van der Waals surface area contributed by atoms with Gasteiger partial charge in [0.25, 0.3) is 0 Å². The first-order valence-electron chi connectivity index (χ1n) is 24.7. The molecule has 0 aromatic carbocycles. The van der Waals surface area contributed by atoms with Crippen molar-refractivity contribution in [1.82, 2.24) is 9.97 Å². The van der Waals surface area contributed by atoms with Crippen molar-refractivity contribution in [2.75, 3.05) is 13.2 Å². The summed E-state index contributed by atoms with van der Waals surface area (Å²) in [5.74, 6) is 9.96. The normalized spacial score (nSPS) is 28.2. The highest BCUT2D eigenvalue weighted by Crippen LogP contribution is 2.44. The topological polar surface area (TPSA) is 44.2 Å². The van der Waals surface area contributed by atoms with Gasteiger partial charge in [-0.15, -0.1) is 0 Å². The van der Waals surface area contributed by atoms with Crippen LogP contribution in [0.5, 0.6) is 11.5 Å². The molecule has 6 rings (SSSR count). The SMILES string of the molecule is CCCCCC1CCC(C2CCC(CCc3ccc(OCCC)cn3)CC2)CC1.CCCOc1ccc(CCC2CCC(C3CCC(CCC)CC3)CC2)nc1. The van der Waals surface area contributed by atoms with E-state index in [1.807, 2.05) is 12.4 Å². The Hall–Kier alpha value is -2.10. The molecule has 4 aliphatic rings. The Labute approximate surface area is 345 Å². The zero-order valence-corrected chi connectivity index (χ0v) is 37.0. The molecule has 0 bridgehead atoms. The van der Waals surface area contributed by atoms with Crippen molar-refractivity contribution in [2.45, 2.75) is 207 Å². The standard InChI is InChI=1S/C27H45NO.C25H41NO/c1-3-5-6-7-22-8-13-24(14-9-22)25-15-10-23(11-16-25)12-17-26-18-19-27(21-28-26)29-20-4-2;1-3-5-20-6-11-22(12-7-20)23-13-8-21(9-14-23)10-15-24-16-17-25(19-26-24)27-18-4-2/h18-19,21-25H,3-17,20H2,1-2H3;16-17,19-23H,3-15,18H2,1-2H3. The maximum absolute atomic E-state index is 5.64. The number of hydrogen-bond donors (Lipinski definition) is 0. The van der Waals surface area contributed by atoms with E-state index >= 15 is 0 Å². The predicted octanol–water partition coefficient (Wildman–Crippen LogP) is 15.2. The Morgan fingerprint density at radius 3 is 1.11 bits per heavy atom. The molecule has 4 aliphatic carbocycles. The lowest BCUT2D eigenvalue weighted by molar-refractivity contribution is 0.140. The van der Waals surface area contributed by atoms with Crippen LogP contribution in [-0.4, -0.2) is 23.2 Å². The molecule has 0 saturated heterocycles.